The van der Waals surface area contributed by atoms with Crippen molar-refractivity contribution < 1.29 is 9.59 Å². The van der Waals surface area contributed by atoms with E-state index in [-0.39, 0.29) is 0 Å². The zero-order valence-corrected chi connectivity index (χ0v) is 6.68. The first-order chi connectivity index (χ1) is 4.46. The highest BCUT2D eigenvalue weighted by Crippen LogP contribution is 1.61. The minimum atomic E-state index is -0.639. The monoisotopic (exact) mass is 181 g/mol. The second-order valence-corrected chi connectivity index (χ2v) is 1.56. The van der Waals surface area contributed by atoms with E-state index in [0.717, 1.165) is 0 Å². The lowest BCUT2D eigenvalue weighted by atomic mass is 11.5. The third-order valence-electron chi connectivity index (χ3n) is 0. The van der Waals surface area contributed by atoms with Gasteiger partial charge in [0.2, 0.25) is 0 Å². The Hall–Kier alpha value is -0.870. The van der Waals surface area contributed by atoms with E-state index in [1.807, 2.05) is 0 Å². The molecule has 0 saturated heterocycles. The van der Waals surface area contributed by atoms with E-state index >= 15 is 0 Å². The molecule has 5 nitrogen and oxygen atoms in total. The van der Waals surface area contributed by atoms with Crippen LogP contribution < -0.4 is 11.5 Å². The Kier molecular flexibility index (Phi) is 25.2. The smallest absolute Gasteiger partial charge is 0.273 e. The Bertz CT molecular complexity index is 104. The van der Waals surface area contributed by atoms with Crippen molar-refractivity contribution in [3.05, 3.63) is 0 Å². The van der Waals surface area contributed by atoms with Crippen molar-refractivity contribution in [1.82, 2.24) is 0 Å². The lowest BCUT2D eigenvalue weighted by Crippen LogP contribution is -1.95. The van der Waals surface area contributed by atoms with Gasteiger partial charge >= 0.3 is 0 Å². The largest absolute Gasteiger partial charge is 0.361 e. The van der Waals surface area contributed by atoms with E-state index in [1.54, 1.807) is 0 Å². The number of carbonyl (C=O) groups is 2. The number of nitrogens with two attached hydrogens (primary N) is 2. The summed E-state index contributed by atoms with van der Waals surface area (Å²) in [4.78, 5) is 18.2. The van der Waals surface area contributed by atoms with Gasteiger partial charge in [0, 0.05) is 6.57 Å². The molecule has 0 aromatic rings. The molecule has 0 spiro atoms. The van der Waals surface area contributed by atoms with Gasteiger partial charge in [-0.3, -0.25) is 9.59 Å². The van der Waals surface area contributed by atoms with Crippen molar-refractivity contribution in [2.24, 2.45) is 11.5 Å². The molecule has 0 aliphatic carbocycles. The maximum atomic E-state index is 9.09. The van der Waals surface area contributed by atoms with E-state index in [4.69, 9.17) is 14.9 Å². The summed E-state index contributed by atoms with van der Waals surface area (Å²) in [5, 5.41) is 5.22. The topological polar surface area (TPSA) is 110 Å². The Morgan fingerprint density at radius 1 is 1.10 bits per heavy atom. The molecule has 0 aromatic carbocycles. The highest BCUT2D eigenvalue weighted by atomic mass is 32.1. The second kappa shape index (κ2) is 15.7. The first-order valence-electron chi connectivity index (χ1n) is 1.69. The molecular formula is C3H7N3O2S2. The van der Waals surface area contributed by atoms with Gasteiger partial charge in [0.15, 0.2) is 0 Å². The molecule has 0 unspecified atom stereocenters. The number of primary amides is 2. The highest BCUT2D eigenvalue weighted by molar-refractivity contribution is 7.96. The van der Waals surface area contributed by atoms with Crippen LogP contribution in [0.1, 0.15) is 0 Å². The molecule has 0 atom stereocenters. The predicted molar refractivity (Wildman–Crippen MR) is 43.8 cm³/mol. The van der Waals surface area contributed by atoms with Gasteiger partial charge in [-0.05, 0) is 0 Å². The van der Waals surface area contributed by atoms with E-state index in [0.29, 0.717) is 0 Å². The van der Waals surface area contributed by atoms with Crippen molar-refractivity contribution in [2.45, 2.75) is 0 Å². The van der Waals surface area contributed by atoms with Crippen LogP contribution in [0.3, 0.4) is 0 Å². The van der Waals surface area contributed by atoms with E-state index in [1.165, 1.54) is 0 Å². The third-order valence-corrected chi connectivity index (χ3v) is 0. The molecule has 0 heterocycles. The summed E-state index contributed by atoms with van der Waals surface area (Å²) in [5.74, 6) is 0. The normalized spacial score (nSPS) is 5.20. The summed E-state index contributed by atoms with van der Waals surface area (Å²) < 4.78 is 0. The fourth-order valence-electron chi connectivity index (χ4n) is 0. The summed E-state index contributed by atoms with van der Waals surface area (Å²) in [5.41, 5.74) is 8.67. The molecular weight excluding hydrogens is 174 g/mol. The van der Waals surface area contributed by atoms with Crippen LogP contribution >= 0.6 is 25.3 Å². The molecule has 0 rings (SSSR count). The zero-order chi connectivity index (χ0) is 9.15. The second-order valence-electron chi connectivity index (χ2n) is 0.676. The fourth-order valence-corrected chi connectivity index (χ4v) is 0. The average Bonchev–Trinajstić information content (AvgIpc) is 1.66. The average molecular weight is 181 g/mol. The predicted octanol–water partition coefficient (Wildman–Crippen LogP) is 0.130. The number of rotatable bonds is 0. The van der Waals surface area contributed by atoms with Crippen molar-refractivity contribution in [1.29, 1.82) is 5.26 Å². The number of nitrogens with zero attached hydrogens (tertiary/aromatic N) is 1. The summed E-state index contributed by atoms with van der Waals surface area (Å²) in [6.45, 7) is 3.50. The highest BCUT2D eigenvalue weighted by Gasteiger charge is 1.63. The van der Waals surface area contributed by atoms with Gasteiger partial charge in [0.25, 0.3) is 10.5 Å². The molecule has 7 heteroatoms. The Labute approximate surface area is 69.2 Å². The van der Waals surface area contributed by atoms with Crippen LogP contribution in [-0.4, -0.2) is 10.5 Å². The maximum absolute atomic E-state index is 9.09. The Morgan fingerprint density at radius 3 is 1.10 bits per heavy atom. The van der Waals surface area contributed by atoms with Gasteiger partial charge in [0.05, 0.1) is 0 Å². The van der Waals surface area contributed by atoms with Gasteiger partial charge in [-0.25, -0.2) is 5.26 Å². The lowest BCUT2D eigenvalue weighted by Gasteiger charge is -1.59. The van der Waals surface area contributed by atoms with Crippen LogP contribution in [0.2, 0.25) is 0 Å². The summed E-state index contributed by atoms with van der Waals surface area (Å²) in [6, 6.07) is 0. The molecule has 0 aliphatic rings. The van der Waals surface area contributed by atoms with Gasteiger partial charge in [-0.2, -0.15) is 0 Å². The number of hydrogen-bond acceptors (Lipinski definition) is 3. The number of amides is 2. The summed E-state index contributed by atoms with van der Waals surface area (Å²) in [7, 11) is 0. The number of nitriles is 1. The SMILES string of the molecule is C#N.NC(=O)S.NC(=O)S. The molecule has 4 N–H and O–H groups in total. The third kappa shape index (κ3) is 354. The van der Waals surface area contributed by atoms with Crippen LogP contribution in [0.25, 0.3) is 0 Å². The van der Waals surface area contributed by atoms with Gasteiger partial charge in [-0.15, -0.1) is 0 Å². The van der Waals surface area contributed by atoms with Crippen molar-refractivity contribution >= 4 is 35.7 Å². The molecule has 0 fully saturated rings. The first kappa shape index (κ1) is 16.1. The molecule has 0 radical (unpaired) electrons. The molecule has 58 valence electrons. The Morgan fingerprint density at radius 2 is 1.10 bits per heavy atom. The van der Waals surface area contributed by atoms with Crippen molar-refractivity contribution in [2.75, 3.05) is 0 Å². The van der Waals surface area contributed by atoms with E-state index < -0.39 is 10.5 Å². The van der Waals surface area contributed by atoms with E-state index in [9.17, 15) is 0 Å². The summed E-state index contributed by atoms with van der Waals surface area (Å²) >= 11 is 6.21. The molecule has 2 amide bonds. The number of thiol groups is 2. The van der Waals surface area contributed by atoms with Crippen LogP contribution in [0.4, 0.5) is 9.59 Å². The first-order valence-corrected chi connectivity index (χ1v) is 2.59. The number of carbonyl (C=O) groups excluding carboxylic acids is 2. The van der Waals surface area contributed by atoms with E-state index in [2.05, 4.69) is 43.3 Å². The Balaban J connectivity index is -0.0000000787. The van der Waals surface area contributed by atoms with Crippen molar-refractivity contribution in [3.63, 3.8) is 0 Å². The summed E-state index contributed by atoms with van der Waals surface area (Å²) in [6.07, 6.45) is 0. The molecule has 0 aromatic heterocycles. The molecule has 10 heavy (non-hydrogen) atoms. The van der Waals surface area contributed by atoms with Crippen LogP contribution in [0, 0.1) is 11.8 Å². The van der Waals surface area contributed by atoms with Gasteiger partial charge < -0.3 is 11.5 Å². The molecule has 0 aliphatic heterocycles. The number of hydrogen-bond donors (Lipinski definition) is 4. The minimum absolute atomic E-state index is 0.639. The van der Waals surface area contributed by atoms with Gasteiger partial charge in [0.1, 0.15) is 0 Å². The quantitative estimate of drug-likeness (QED) is 0.398. The van der Waals surface area contributed by atoms with Crippen LogP contribution in [0.5, 0.6) is 0 Å². The lowest BCUT2D eigenvalue weighted by molar-refractivity contribution is 0.266. The zero-order valence-electron chi connectivity index (χ0n) is 4.89. The molecule has 0 saturated carbocycles. The fraction of sp³-hybridized carbons (Fsp3) is 0. The standard InChI is InChI=1S/2CH3NOS.CHN/c2*2-1(3)4;1-2/h2*(H3,2,3,4);1H. The minimum Gasteiger partial charge on any atom is -0.361 e. The van der Waals surface area contributed by atoms with Crippen molar-refractivity contribution in [3.8, 4) is 6.57 Å². The van der Waals surface area contributed by atoms with Gasteiger partial charge in [-0.1, -0.05) is 25.3 Å². The molecule has 0 bridgehead atoms. The van der Waals surface area contributed by atoms with Crippen LogP contribution in [-0.2, 0) is 0 Å². The van der Waals surface area contributed by atoms with Crippen LogP contribution in [0.15, 0.2) is 0 Å². The maximum Gasteiger partial charge on any atom is 0.273 e.